The van der Waals surface area contributed by atoms with Crippen molar-refractivity contribution >= 4 is 43.7 Å². The molecule has 0 bridgehead atoms. The maximum absolute atomic E-state index is 14.1. The van der Waals surface area contributed by atoms with E-state index in [2.05, 4.69) is 0 Å². The lowest BCUT2D eigenvalue weighted by molar-refractivity contribution is 0.0628. The van der Waals surface area contributed by atoms with Gasteiger partial charge in [-0.25, -0.2) is 16.8 Å². The molecule has 0 saturated carbocycles. The number of aryl methyl sites for hydroxylation is 2. The summed E-state index contributed by atoms with van der Waals surface area (Å²) in [6, 6.07) is 24.9. The molecule has 0 aromatic heterocycles. The van der Waals surface area contributed by atoms with Gasteiger partial charge in [0.25, 0.3) is 23.6 Å². The molecule has 6 rings (SSSR count). The van der Waals surface area contributed by atoms with Gasteiger partial charge in [0.15, 0.2) is 0 Å². The Balaban J connectivity index is 1.29. The number of hydrogen-bond acceptors (Lipinski definition) is 8. The van der Waals surface area contributed by atoms with E-state index in [-0.39, 0.29) is 71.3 Å². The van der Waals surface area contributed by atoms with Crippen LogP contribution in [0, 0.1) is 13.8 Å². The van der Waals surface area contributed by atoms with Crippen molar-refractivity contribution < 1.29 is 36.0 Å². The number of fused-ring (bicyclic) bond motifs is 2. The summed E-state index contributed by atoms with van der Waals surface area (Å²) < 4.78 is 58.3. The molecule has 0 radical (unpaired) electrons. The predicted molar refractivity (Wildman–Crippen MR) is 183 cm³/mol. The van der Waals surface area contributed by atoms with Crippen LogP contribution in [0.3, 0.4) is 0 Å². The van der Waals surface area contributed by atoms with E-state index in [4.69, 9.17) is 0 Å². The van der Waals surface area contributed by atoms with Crippen molar-refractivity contribution in [2.75, 3.05) is 39.3 Å². The summed E-state index contributed by atoms with van der Waals surface area (Å²) in [5.41, 5.74) is 2.51. The number of carbonyl (C=O) groups is 4. The minimum Gasteiger partial charge on any atom is -0.273 e. The number of hydrogen-bond donors (Lipinski definition) is 0. The van der Waals surface area contributed by atoms with E-state index in [1.807, 2.05) is 0 Å². The molecular weight excluding hydrogens is 681 g/mol. The molecule has 12 nitrogen and oxygen atoms in total. The Morgan fingerprint density at radius 3 is 1.00 bits per heavy atom. The van der Waals surface area contributed by atoms with Gasteiger partial charge in [0.1, 0.15) is 0 Å². The number of benzene rings is 4. The van der Waals surface area contributed by atoms with Gasteiger partial charge in [0.2, 0.25) is 20.0 Å². The molecule has 0 atom stereocenters. The average Bonchev–Trinajstić information content (AvgIpc) is 3.49. The number of imide groups is 2. The first-order valence-electron chi connectivity index (χ1n) is 15.8. The minimum atomic E-state index is -4.26. The summed E-state index contributed by atoms with van der Waals surface area (Å²) in [6.45, 7) is 1.67. The van der Waals surface area contributed by atoms with E-state index in [9.17, 15) is 36.0 Å². The molecule has 0 saturated heterocycles. The maximum Gasteiger partial charge on any atom is 0.261 e. The van der Waals surface area contributed by atoms with Gasteiger partial charge in [0, 0.05) is 39.3 Å². The van der Waals surface area contributed by atoms with E-state index in [0.29, 0.717) is 0 Å². The Bertz CT molecular complexity index is 1990. The lowest BCUT2D eigenvalue weighted by atomic mass is 10.1. The van der Waals surface area contributed by atoms with E-state index in [1.54, 1.807) is 62.4 Å². The van der Waals surface area contributed by atoms with Crippen LogP contribution in [-0.4, -0.2) is 98.1 Å². The zero-order chi connectivity index (χ0) is 35.8. The third-order valence-electron chi connectivity index (χ3n) is 8.82. The monoisotopic (exact) mass is 714 g/mol. The molecule has 14 heteroatoms. The Morgan fingerprint density at radius 1 is 0.440 bits per heavy atom. The van der Waals surface area contributed by atoms with Crippen molar-refractivity contribution in [1.82, 2.24) is 18.4 Å². The van der Waals surface area contributed by atoms with Gasteiger partial charge in [-0.3, -0.25) is 29.0 Å². The van der Waals surface area contributed by atoms with Gasteiger partial charge in [-0.05, 0) is 62.4 Å². The second-order valence-electron chi connectivity index (χ2n) is 12.0. The molecule has 4 aromatic carbocycles. The summed E-state index contributed by atoms with van der Waals surface area (Å²) in [5, 5.41) is 0. The van der Waals surface area contributed by atoms with Crippen LogP contribution in [-0.2, 0) is 20.0 Å². The fraction of sp³-hybridized carbons (Fsp3) is 0.222. The minimum absolute atomic E-state index is 0.0515. The smallest absolute Gasteiger partial charge is 0.261 e. The average molecular weight is 715 g/mol. The Labute approximate surface area is 290 Å². The van der Waals surface area contributed by atoms with Gasteiger partial charge in [-0.15, -0.1) is 0 Å². The summed E-state index contributed by atoms with van der Waals surface area (Å²) >= 11 is 0. The zero-order valence-electron chi connectivity index (χ0n) is 27.4. The van der Waals surface area contributed by atoms with E-state index < -0.39 is 43.7 Å². The Hall–Kier alpha value is -5.02. The quantitative estimate of drug-likeness (QED) is 0.191. The molecule has 2 heterocycles. The molecule has 50 heavy (non-hydrogen) atoms. The van der Waals surface area contributed by atoms with Crippen LogP contribution in [0.5, 0.6) is 0 Å². The highest BCUT2D eigenvalue weighted by Crippen LogP contribution is 2.25. The normalized spacial score (nSPS) is 14.6. The molecule has 0 unspecified atom stereocenters. The standard InChI is InChI=1S/C36H34N4O8S2/c1-25-11-15-27(16-12-25)49(45,46)37(21-23-39-33(41)29-7-3-4-8-30(29)34(39)42)19-20-38(50(47,48)28-17-13-26(2)14-18-28)22-24-40-35(43)31-9-5-6-10-32(31)36(40)44/h3-18H,19-24H2,1-2H3. The molecule has 0 fully saturated rings. The van der Waals surface area contributed by atoms with Gasteiger partial charge < -0.3 is 0 Å². The second kappa shape index (κ2) is 13.7. The van der Waals surface area contributed by atoms with Crippen LogP contribution in [0.25, 0.3) is 0 Å². The van der Waals surface area contributed by atoms with Crippen molar-refractivity contribution in [3.63, 3.8) is 0 Å². The van der Waals surface area contributed by atoms with E-state index in [1.165, 1.54) is 48.5 Å². The van der Waals surface area contributed by atoms with Crippen LogP contribution >= 0.6 is 0 Å². The van der Waals surface area contributed by atoms with Gasteiger partial charge in [-0.2, -0.15) is 8.61 Å². The lowest BCUT2D eigenvalue weighted by Gasteiger charge is -2.29. The van der Waals surface area contributed by atoms with Crippen molar-refractivity contribution in [3.05, 3.63) is 130 Å². The highest BCUT2D eigenvalue weighted by atomic mass is 32.2. The topological polar surface area (TPSA) is 150 Å². The summed E-state index contributed by atoms with van der Waals surface area (Å²) in [4.78, 5) is 54.2. The fourth-order valence-electron chi connectivity index (χ4n) is 5.95. The number of sulfonamides is 2. The third kappa shape index (κ3) is 6.50. The highest BCUT2D eigenvalue weighted by Gasteiger charge is 2.38. The van der Waals surface area contributed by atoms with E-state index in [0.717, 1.165) is 29.5 Å². The molecule has 4 aromatic rings. The largest absolute Gasteiger partial charge is 0.273 e. The highest BCUT2D eigenvalue weighted by molar-refractivity contribution is 7.89. The molecule has 0 aliphatic carbocycles. The zero-order valence-corrected chi connectivity index (χ0v) is 29.0. The number of amides is 4. The molecule has 0 N–H and O–H groups in total. The van der Waals surface area contributed by atoms with Crippen LogP contribution in [0.1, 0.15) is 52.6 Å². The Morgan fingerprint density at radius 2 is 0.720 bits per heavy atom. The second-order valence-corrected chi connectivity index (χ2v) is 15.9. The number of rotatable bonds is 13. The molecule has 258 valence electrons. The first-order valence-corrected chi connectivity index (χ1v) is 18.7. The van der Waals surface area contributed by atoms with Crippen molar-refractivity contribution in [2.24, 2.45) is 0 Å². The summed E-state index contributed by atoms with van der Waals surface area (Å²) in [6.07, 6.45) is 0. The van der Waals surface area contributed by atoms with E-state index >= 15 is 0 Å². The fourth-order valence-corrected chi connectivity index (χ4v) is 8.80. The summed E-state index contributed by atoms with van der Waals surface area (Å²) in [7, 11) is -8.53. The number of carbonyl (C=O) groups excluding carboxylic acids is 4. The lowest BCUT2D eigenvalue weighted by Crippen LogP contribution is -2.46. The van der Waals surface area contributed by atoms with Gasteiger partial charge in [0.05, 0.1) is 32.0 Å². The van der Waals surface area contributed by atoms with Crippen LogP contribution in [0.2, 0.25) is 0 Å². The van der Waals surface area contributed by atoms with Crippen LogP contribution in [0.4, 0.5) is 0 Å². The number of nitrogens with zero attached hydrogens (tertiary/aromatic N) is 4. The SMILES string of the molecule is Cc1ccc(S(=O)(=O)N(CCN2C(=O)c3ccccc3C2=O)CCN(CCN2C(=O)c3ccccc3C2=O)S(=O)(=O)c2ccc(C)cc2)cc1. The first kappa shape index (κ1) is 34.8. The third-order valence-corrected chi connectivity index (χ3v) is 12.6. The predicted octanol–water partition coefficient (Wildman–Crippen LogP) is 3.58. The summed E-state index contributed by atoms with van der Waals surface area (Å²) in [5.74, 6) is -2.21. The molecule has 2 aliphatic rings. The Kier molecular flexibility index (Phi) is 9.55. The molecule has 2 aliphatic heterocycles. The molecule has 0 spiro atoms. The van der Waals surface area contributed by atoms with Crippen molar-refractivity contribution in [1.29, 1.82) is 0 Å². The first-order chi connectivity index (χ1) is 23.8. The van der Waals surface area contributed by atoms with Gasteiger partial charge in [-0.1, -0.05) is 59.7 Å². The maximum atomic E-state index is 14.1. The van der Waals surface area contributed by atoms with Crippen molar-refractivity contribution in [2.45, 2.75) is 23.6 Å². The van der Waals surface area contributed by atoms with Crippen molar-refractivity contribution in [3.8, 4) is 0 Å². The molecular formula is C36H34N4O8S2. The van der Waals surface area contributed by atoms with Gasteiger partial charge >= 0.3 is 0 Å². The van der Waals surface area contributed by atoms with Crippen LogP contribution < -0.4 is 0 Å². The molecule has 4 amide bonds. The van der Waals surface area contributed by atoms with Crippen LogP contribution in [0.15, 0.2) is 107 Å².